The Kier molecular flexibility index (Phi) is 2.61. The molecule has 4 heteroatoms. The standard InChI is InChI=1S/C13H8O2S2/c14-13-9-7-8-3-1-2-4-10(8)16-11(9)5-6-12(13)17-15/h1-6H,7H2. The molecule has 1 aromatic carbocycles. The summed E-state index contributed by atoms with van der Waals surface area (Å²) in [6.45, 7) is 0. The van der Waals surface area contributed by atoms with E-state index < -0.39 is 0 Å². The minimum Gasteiger partial charge on any atom is -0.288 e. The zero-order valence-electron chi connectivity index (χ0n) is 8.80. The van der Waals surface area contributed by atoms with Gasteiger partial charge in [-0.2, -0.15) is 0 Å². The fraction of sp³-hybridized carbons (Fsp3) is 0.0769. The number of fused-ring (bicyclic) bond motifs is 1. The molecule has 0 saturated carbocycles. The van der Waals surface area contributed by atoms with Crippen molar-refractivity contribution < 1.29 is 9.00 Å². The van der Waals surface area contributed by atoms with Crippen LogP contribution in [0.1, 0.15) is 5.56 Å². The number of carbonyl (C=O) groups is 1. The van der Waals surface area contributed by atoms with Crippen LogP contribution in [0.2, 0.25) is 0 Å². The molecular weight excluding hydrogens is 252 g/mol. The molecule has 0 aromatic heterocycles. The maximum atomic E-state index is 12.0. The second-order valence-corrected chi connectivity index (χ2v) is 5.53. The topological polar surface area (TPSA) is 34.1 Å². The largest absolute Gasteiger partial charge is 0.288 e. The summed E-state index contributed by atoms with van der Waals surface area (Å²) in [6.07, 6.45) is 4.13. The van der Waals surface area contributed by atoms with Crippen LogP contribution in [0.25, 0.3) is 0 Å². The predicted molar refractivity (Wildman–Crippen MR) is 70.3 cm³/mol. The lowest BCUT2D eigenvalue weighted by atomic mass is 9.95. The molecule has 2 nitrogen and oxygen atoms in total. The van der Waals surface area contributed by atoms with E-state index in [2.05, 4.69) is 6.07 Å². The zero-order valence-corrected chi connectivity index (χ0v) is 10.4. The Labute approximate surface area is 106 Å². The van der Waals surface area contributed by atoms with Crippen LogP contribution >= 0.6 is 11.8 Å². The Balaban J connectivity index is 2.09. The molecule has 1 aliphatic heterocycles. The summed E-state index contributed by atoms with van der Waals surface area (Å²) < 4.78 is 10.8. The number of benzene rings is 1. The Bertz CT molecular complexity index is 635. The van der Waals surface area contributed by atoms with Gasteiger partial charge < -0.3 is 0 Å². The molecule has 17 heavy (non-hydrogen) atoms. The van der Waals surface area contributed by atoms with E-state index in [-0.39, 0.29) is 17.0 Å². The van der Waals surface area contributed by atoms with E-state index in [0.717, 1.165) is 16.0 Å². The number of rotatable bonds is 0. The monoisotopic (exact) mass is 260 g/mol. The summed E-state index contributed by atoms with van der Waals surface area (Å²) >= 11 is 1.88. The number of ketones is 1. The van der Waals surface area contributed by atoms with Crippen LogP contribution in [-0.4, -0.2) is 14.9 Å². The van der Waals surface area contributed by atoms with E-state index in [1.165, 1.54) is 4.90 Å². The molecular formula is C13H8O2S2. The van der Waals surface area contributed by atoms with Gasteiger partial charge in [0.2, 0.25) is 5.78 Å². The second kappa shape index (κ2) is 4.13. The first-order chi connectivity index (χ1) is 8.29. The van der Waals surface area contributed by atoms with Crippen molar-refractivity contribution in [1.82, 2.24) is 0 Å². The van der Waals surface area contributed by atoms with Crippen LogP contribution in [0.3, 0.4) is 0 Å². The van der Waals surface area contributed by atoms with Gasteiger partial charge in [0.1, 0.15) is 16.1 Å². The Hall–Kier alpha value is -1.39. The van der Waals surface area contributed by atoms with Crippen molar-refractivity contribution in [1.29, 1.82) is 0 Å². The molecule has 1 heterocycles. The maximum absolute atomic E-state index is 12.0. The van der Waals surface area contributed by atoms with Gasteiger partial charge in [-0.15, -0.1) is 0 Å². The molecule has 0 amide bonds. The molecule has 1 aromatic rings. The lowest BCUT2D eigenvalue weighted by molar-refractivity contribution is -0.109. The highest BCUT2D eigenvalue weighted by Gasteiger charge is 2.27. The van der Waals surface area contributed by atoms with Gasteiger partial charge in [0.05, 0.1) is 0 Å². The van der Waals surface area contributed by atoms with Gasteiger partial charge in [-0.1, -0.05) is 30.0 Å². The third kappa shape index (κ3) is 1.73. The van der Waals surface area contributed by atoms with Gasteiger partial charge in [-0.25, -0.2) is 4.21 Å². The van der Waals surface area contributed by atoms with Gasteiger partial charge in [-0.3, -0.25) is 4.79 Å². The summed E-state index contributed by atoms with van der Waals surface area (Å²) in [4.78, 5) is 14.5. The third-order valence-electron chi connectivity index (χ3n) is 2.83. The van der Waals surface area contributed by atoms with Gasteiger partial charge in [0, 0.05) is 21.8 Å². The Morgan fingerprint density at radius 2 is 2.00 bits per heavy atom. The molecule has 0 saturated heterocycles. The number of hydrogen-bond acceptors (Lipinski definition) is 3. The summed E-state index contributed by atoms with van der Waals surface area (Å²) in [5, 5.41) is 0. The SMILES string of the molecule is O=S=C1C=CC2=C(Cc3ccccc3S2)C1=O. The normalized spacial score (nSPS) is 17.9. The van der Waals surface area contributed by atoms with Crippen LogP contribution in [-0.2, 0) is 22.5 Å². The smallest absolute Gasteiger partial charge is 0.203 e. The molecule has 84 valence electrons. The van der Waals surface area contributed by atoms with E-state index in [1.807, 2.05) is 24.3 Å². The van der Waals surface area contributed by atoms with Crippen LogP contribution in [0.4, 0.5) is 0 Å². The minimum atomic E-state index is -0.107. The quantitative estimate of drug-likeness (QED) is 0.670. The molecule has 1 aliphatic carbocycles. The van der Waals surface area contributed by atoms with Crippen LogP contribution < -0.4 is 0 Å². The Morgan fingerprint density at radius 1 is 1.18 bits per heavy atom. The molecule has 0 N–H and O–H groups in total. The molecule has 0 atom stereocenters. The molecule has 0 radical (unpaired) electrons. The van der Waals surface area contributed by atoms with Gasteiger partial charge in [-0.05, 0) is 23.8 Å². The van der Waals surface area contributed by atoms with E-state index in [4.69, 9.17) is 0 Å². The van der Waals surface area contributed by atoms with Crippen molar-refractivity contribution in [2.24, 2.45) is 0 Å². The average Bonchev–Trinajstić information content (AvgIpc) is 2.37. The first-order valence-corrected chi connectivity index (χ1v) is 6.74. The van der Waals surface area contributed by atoms with Crippen molar-refractivity contribution in [3.63, 3.8) is 0 Å². The molecule has 0 bridgehead atoms. The minimum absolute atomic E-state index is 0.107. The molecule has 3 rings (SSSR count). The lowest BCUT2D eigenvalue weighted by Crippen LogP contribution is -2.21. The molecule has 0 unspecified atom stereocenters. The highest BCUT2D eigenvalue weighted by atomic mass is 32.2. The van der Waals surface area contributed by atoms with E-state index >= 15 is 0 Å². The van der Waals surface area contributed by atoms with Gasteiger partial charge >= 0.3 is 0 Å². The van der Waals surface area contributed by atoms with Crippen LogP contribution in [0.15, 0.2) is 51.8 Å². The number of allylic oxidation sites excluding steroid dienone is 3. The van der Waals surface area contributed by atoms with E-state index in [9.17, 15) is 9.00 Å². The number of carbonyl (C=O) groups excluding carboxylic acids is 1. The summed E-state index contributed by atoms with van der Waals surface area (Å²) in [6, 6.07) is 8.06. The second-order valence-electron chi connectivity index (χ2n) is 3.84. The predicted octanol–water partition coefficient (Wildman–Crippen LogP) is 2.11. The molecule has 0 fully saturated rings. The van der Waals surface area contributed by atoms with Crippen LogP contribution in [0.5, 0.6) is 0 Å². The number of Topliss-reactive ketones (excluding diaryl/α,β-unsaturated/α-hetero) is 1. The first kappa shape index (κ1) is 10.7. The van der Waals surface area contributed by atoms with Crippen molar-refractivity contribution in [3.05, 3.63) is 52.5 Å². The van der Waals surface area contributed by atoms with Crippen molar-refractivity contribution >= 4 is 33.7 Å². The van der Waals surface area contributed by atoms with E-state index in [0.29, 0.717) is 11.3 Å². The van der Waals surface area contributed by atoms with Crippen molar-refractivity contribution in [2.75, 3.05) is 0 Å². The lowest BCUT2D eigenvalue weighted by Gasteiger charge is -2.21. The highest BCUT2D eigenvalue weighted by molar-refractivity contribution is 8.03. The summed E-state index contributed by atoms with van der Waals surface area (Å²) in [7, 11) is 0. The summed E-state index contributed by atoms with van der Waals surface area (Å²) in [5.41, 5.74) is 1.92. The first-order valence-electron chi connectivity index (χ1n) is 5.18. The van der Waals surface area contributed by atoms with Gasteiger partial charge in [0.25, 0.3) is 0 Å². The third-order valence-corrected chi connectivity index (χ3v) is 4.55. The highest BCUT2D eigenvalue weighted by Crippen LogP contribution is 2.40. The molecule has 0 spiro atoms. The molecule has 2 aliphatic rings. The van der Waals surface area contributed by atoms with E-state index in [1.54, 1.807) is 17.8 Å². The zero-order chi connectivity index (χ0) is 11.8. The van der Waals surface area contributed by atoms with Crippen molar-refractivity contribution in [3.8, 4) is 0 Å². The number of hydrogen-bond donors (Lipinski definition) is 0. The fourth-order valence-corrected chi connectivity index (χ4v) is 3.38. The van der Waals surface area contributed by atoms with Crippen LogP contribution in [0, 0.1) is 0 Å². The van der Waals surface area contributed by atoms with Crippen molar-refractivity contribution in [2.45, 2.75) is 11.3 Å². The maximum Gasteiger partial charge on any atom is 0.203 e. The van der Waals surface area contributed by atoms with Gasteiger partial charge in [0.15, 0.2) is 0 Å². The fourth-order valence-electron chi connectivity index (χ4n) is 1.98. The number of thioether (sulfide) groups is 1. The summed E-state index contributed by atoms with van der Waals surface area (Å²) in [5.74, 6) is -0.107. The Morgan fingerprint density at radius 3 is 2.82 bits per heavy atom. The average molecular weight is 260 g/mol.